The van der Waals surface area contributed by atoms with Crippen LogP contribution in [0.2, 0.25) is 0 Å². The minimum absolute atomic E-state index is 0.0707. The number of amidine groups is 1. The summed E-state index contributed by atoms with van der Waals surface area (Å²) in [4.78, 5) is 15.2. The fourth-order valence-electron chi connectivity index (χ4n) is 1.47. The Morgan fingerprint density at radius 3 is 3.00 bits per heavy atom. The predicted molar refractivity (Wildman–Crippen MR) is 73.0 cm³/mol. The Balaban J connectivity index is 1.86. The zero-order chi connectivity index (χ0) is 13.2. The Hall–Kier alpha value is -1.80. The van der Waals surface area contributed by atoms with Gasteiger partial charge in [-0.15, -0.1) is 10.2 Å². The number of carbonyl (C=O) groups excluding carboxylic acids is 1. The number of hydrogen-bond acceptors (Lipinski definition) is 6. The van der Waals surface area contributed by atoms with Crippen molar-refractivity contribution in [2.75, 3.05) is 5.75 Å². The highest BCUT2D eigenvalue weighted by Crippen LogP contribution is 2.29. The first-order valence-electron chi connectivity index (χ1n) is 5.31. The van der Waals surface area contributed by atoms with Crippen molar-refractivity contribution in [3.05, 3.63) is 30.1 Å². The summed E-state index contributed by atoms with van der Waals surface area (Å²) in [7, 11) is 0. The molecule has 1 amide bonds. The minimum Gasteiger partial charge on any atom is -0.304 e. The van der Waals surface area contributed by atoms with Gasteiger partial charge in [0.2, 0.25) is 11.0 Å². The van der Waals surface area contributed by atoms with Gasteiger partial charge in [-0.1, -0.05) is 35.2 Å². The van der Waals surface area contributed by atoms with E-state index < -0.39 is 0 Å². The Kier molecular flexibility index (Phi) is 3.26. The molecule has 1 aromatic heterocycles. The second-order valence-corrected chi connectivity index (χ2v) is 5.57. The lowest BCUT2D eigenvalue weighted by Gasteiger charge is -1.93. The smallest absolute Gasteiger partial charge is 0.236 e. The fourth-order valence-corrected chi connectivity index (χ4v) is 2.92. The number of carbonyl (C=O) groups is 1. The minimum atomic E-state index is -0.320. The lowest BCUT2D eigenvalue weighted by molar-refractivity contribution is -0.116. The molecule has 0 radical (unpaired) electrons. The van der Waals surface area contributed by atoms with Gasteiger partial charge in [0.25, 0.3) is 0 Å². The summed E-state index contributed by atoms with van der Waals surface area (Å²) in [5, 5.41) is 12.0. The molecular formula is C11H7FN4OS2. The molecule has 1 fully saturated rings. The van der Waals surface area contributed by atoms with Gasteiger partial charge in [0.05, 0.1) is 5.75 Å². The van der Waals surface area contributed by atoms with E-state index in [2.05, 4.69) is 20.5 Å². The van der Waals surface area contributed by atoms with Crippen LogP contribution in [0.1, 0.15) is 0 Å². The maximum absolute atomic E-state index is 13.1. The largest absolute Gasteiger partial charge is 0.304 e. The van der Waals surface area contributed by atoms with Crippen molar-refractivity contribution in [1.29, 1.82) is 0 Å². The quantitative estimate of drug-likeness (QED) is 0.922. The second kappa shape index (κ2) is 5.06. The molecule has 3 rings (SSSR count). The first kappa shape index (κ1) is 12.2. The third kappa shape index (κ3) is 2.79. The molecule has 96 valence electrons. The maximum atomic E-state index is 13.1. The number of thioether (sulfide) groups is 1. The van der Waals surface area contributed by atoms with Crippen LogP contribution in [0.25, 0.3) is 10.6 Å². The highest BCUT2D eigenvalue weighted by Gasteiger charge is 2.17. The molecule has 0 atom stereocenters. The van der Waals surface area contributed by atoms with E-state index in [-0.39, 0.29) is 11.7 Å². The van der Waals surface area contributed by atoms with Crippen molar-refractivity contribution in [1.82, 2.24) is 15.5 Å². The summed E-state index contributed by atoms with van der Waals surface area (Å²) in [5.74, 6) is -0.0215. The Bertz CT molecular complexity index is 670. The van der Waals surface area contributed by atoms with E-state index in [1.54, 1.807) is 12.1 Å². The van der Waals surface area contributed by atoms with E-state index in [9.17, 15) is 9.18 Å². The molecule has 5 nitrogen and oxygen atoms in total. The fraction of sp³-hybridized carbons (Fsp3) is 0.0909. The molecule has 1 aliphatic rings. The molecule has 2 heterocycles. The summed E-state index contributed by atoms with van der Waals surface area (Å²) in [6, 6.07) is 6.14. The predicted octanol–water partition coefficient (Wildman–Crippen LogP) is 2.19. The Morgan fingerprint density at radius 2 is 2.26 bits per heavy atom. The molecule has 8 heteroatoms. The molecule has 1 saturated heterocycles. The molecule has 19 heavy (non-hydrogen) atoms. The van der Waals surface area contributed by atoms with Gasteiger partial charge < -0.3 is 5.32 Å². The summed E-state index contributed by atoms with van der Waals surface area (Å²) >= 11 is 2.56. The van der Waals surface area contributed by atoms with Crippen molar-refractivity contribution < 1.29 is 9.18 Å². The van der Waals surface area contributed by atoms with Crippen molar-refractivity contribution in [2.45, 2.75) is 0 Å². The van der Waals surface area contributed by atoms with Gasteiger partial charge in [-0.05, 0) is 12.1 Å². The SMILES string of the molecule is O=C1CSC(=Nc2nnc(-c3cccc(F)c3)s2)N1. The van der Waals surface area contributed by atoms with E-state index >= 15 is 0 Å². The normalized spacial score (nSPS) is 16.9. The summed E-state index contributed by atoms with van der Waals surface area (Å²) in [5.41, 5.74) is 0.659. The third-order valence-corrected chi connectivity index (χ3v) is 4.01. The van der Waals surface area contributed by atoms with Crippen molar-refractivity contribution >= 4 is 39.3 Å². The van der Waals surface area contributed by atoms with Crippen LogP contribution in [0.15, 0.2) is 29.3 Å². The van der Waals surface area contributed by atoms with Crippen molar-refractivity contribution in [3.8, 4) is 10.6 Å². The Labute approximate surface area is 116 Å². The molecule has 1 aromatic carbocycles. The van der Waals surface area contributed by atoms with E-state index in [1.165, 1.54) is 35.2 Å². The molecule has 0 bridgehead atoms. The molecular weight excluding hydrogens is 287 g/mol. The molecule has 0 spiro atoms. The number of halogens is 1. The van der Waals surface area contributed by atoms with Gasteiger partial charge >= 0.3 is 0 Å². The highest BCUT2D eigenvalue weighted by atomic mass is 32.2. The highest BCUT2D eigenvalue weighted by molar-refractivity contribution is 8.15. The van der Waals surface area contributed by atoms with Crippen LogP contribution in [-0.4, -0.2) is 27.0 Å². The standard InChI is InChI=1S/C11H7FN4OS2/c12-7-3-1-2-6(4-7)9-15-16-11(19-9)14-10-13-8(17)5-18-10/h1-4H,5H2,(H,13,14,16,17). The van der Waals surface area contributed by atoms with E-state index in [4.69, 9.17) is 0 Å². The van der Waals surface area contributed by atoms with Gasteiger partial charge in [-0.2, -0.15) is 4.99 Å². The van der Waals surface area contributed by atoms with Gasteiger partial charge in [-0.3, -0.25) is 4.79 Å². The van der Waals surface area contributed by atoms with Crippen LogP contribution in [-0.2, 0) is 4.79 Å². The number of rotatable bonds is 2. The lowest BCUT2D eigenvalue weighted by atomic mass is 10.2. The number of aromatic nitrogens is 2. The van der Waals surface area contributed by atoms with Crippen LogP contribution in [0.3, 0.4) is 0 Å². The molecule has 0 unspecified atom stereocenters. The first-order chi connectivity index (χ1) is 9.20. The third-order valence-electron chi connectivity index (χ3n) is 2.27. The average molecular weight is 294 g/mol. The summed E-state index contributed by atoms with van der Waals surface area (Å²) in [6.45, 7) is 0. The molecule has 1 aliphatic heterocycles. The monoisotopic (exact) mass is 294 g/mol. The molecule has 0 aliphatic carbocycles. The van der Waals surface area contributed by atoms with Crippen LogP contribution in [0.4, 0.5) is 9.52 Å². The van der Waals surface area contributed by atoms with Crippen molar-refractivity contribution in [3.63, 3.8) is 0 Å². The van der Waals surface area contributed by atoms with E-state index in [0.29, 0.717) is 26.6 Å². The van der Waals surface area contributed by atoms with Crippen LogP contribution in [0.5, 0.6) is 0 Å². The number of amides is 1. The summed E-state index contributed by atoms with van der Waals surface area (Å²) in [6.07, 6.45) is 0. The van der Waals surface area contributed by atoms with Gasteiger partial charge in [-0.25, -0.2) is 4.39 Å². The van der Waals surface area contributed by atoms with Crippen LogP contribution < -0.4 is 5.32 Å². The number of nitrogens with zero attached hydrogens (tertiary/aromatic N) is 3. The summed E-state index contributed by atoms with van der Waals surface area (Å²) < 4.78 is 13.1. The zero-order valence-electron chi connectivity index (χ0n) is 9.46. The first-order valence-corrected chi connectivity index (χ1v) is 7.12. The van der Waals surface area contributed by atoms with Gasteiger partial charge in [0, 0.05) is 5.56 Å². The number of hydrogen-bond donors (Lipinski definition) is 1. The second-order valence-electron chi connectivity index (χ2n) is 3.65. The topological polar surface area (TPSA) is 67.2 Å². The van der Waals surface area contributed by atoms with E-state index in [1.807, 2.05) is 0 Å². The van der Waals surface area contributed by atoms with E-state index in [0.717, 1.165) is 0 Å². The Morgan fingerprint density at radius 1 is 1.37 bits per heavy atom. The molecule has 0 saturated carbocycles. The average Bonchev–Trinajstić information content (AvgIpc) is 2.99. The van der Waals surface area contributed by atoms with Crippen LogP contribution >= 0.6 is 23.1 Å². The maximum Gasteiger partial charge on any atom is 0.236 e. The molecule has 2 aromatic rings. The lowest BCUT2D eigenvalue weighted by Crippen LogP contribution is -2.19. The molecule has 1 N–H and O–H groups in total. The van der Waals surface area contributed by atoms with Gasteiger partial charge in [0.1, 0.15) is 10.8 Å². The van der Waals surface area contributed by atoms with Crippen molar-refractivity contribution in [2.24, 2.45) is 4.99 Å². The van der Waals surface area contributed by atoms with Gasteiger partial charge in [0.15, 0.2) is 5.17 Å². The number of nitrogens with one attached hydrogen (secondary N) is 1. The number of benzene rings is 1. The van der Waals surface area contributed by atoms with Crippen LogP contribution in [0, 0.1) is 5.82 Å². The number of aliphatic imine (C=N–C) groups is 1. The zero-order valence-corrected chi connectivity index (χ0v) is 11.1.